The van der Waals surface area contributed by atoms with E-state index < -0.39 is 11.8 Å². The van der Waals surface area contributed by atoms with E-state index in [2.05, 4.69) is 15.9 Å². The van der Waals surface area contributed by atoms with Crippen molar-refractivity contribution in [2.75, 3.05) is 13.1 Å². The summed E-state index contributed by atoms with van der Waals surface area (Å²) in [6, 6.07) is 9.84. The highest BCUT2D eigenvalue weighted by atomic mass is 79.9. The van der Waals surface area contributed by atoms with Gasteiger partial charge in [0.2, 0.25) is 0 Å². The third-order valence-corrected chi connectivity index (χ3v) is 6.53. The van der Waals surface area contributed by atoms with Crippen molar-refractivity contribution in [3.63, 3.8) is 0 Å². The molecule has 1 aliphatic rings. The minimum absolute atomic E-state index is 0.0467. The van der Waals surface area contributed by atoms with Crippen molar-refractivity contribution in [1.29, 1.82) is 0 Å². The molecule has 1 aromatic carbocycles. The van der Waals surface area contributed by atoms with Crippen molar-refractivity contribution < 1.29 is 14.0 Å². The molecule has 1 saturated heterocycles. The number of benzene rings is 1. The van der Waals surface area contributed by atoms with Crippen LogP contribution in [0, 0.1) is 6.92 Å². The van der Waals surface area contributed by atoms with Gasteiger partial charge in [-0.1, -0.05) is 29.5 Å². The molecule has 0 spiro atoms. The monoisotopic (exact) mass is 478 g/mol. The van der Waals surface area contributed by atoms with E-state index in [9.17, 15) is 9.59 Å². The molecule has 1 aliphatic heterocycles. The third-order valence-electron chi connectivity index (χ3n) is 4.24. The quantitative estimate of drug-likeness (QED) is 0.348. The van der Waals surface area contributed by atoms with Crippen LogP contribution in [0.3, 0.4) is 0 Å². The Morgan fingerprint density at radius 3 is 2.21 bits per heavy atom. The van der Waals surface area contributed by atoms with Crippen molar-refractivity contribution in [3.05, 3.63) is 51.7 Å². The zero-order valence-electron chi connectivity index (χ0n) is 15.7. The fraction of sp³-hybridized carbons (Fsp3) is 0.250. The standard InChI is InChI=1S/C20H19BrN2O3S2/c1-4-22-17(24)15(18(25)23(5-2)20(22)27)10-13-11-16(21)19(26-13)28-14-8-6-12(3)7-9-14/h6-11H,4-5H2,1-3H3. The van der Waals surface area contributed by atoms with E-state index in [1.807, 2.05) is 45.0 Å². The van der Waals surface area contributed by atoms with Crippen LogP contribution < -0.4 is 0 Å². The average Bonchev–Trinajstić information content (AvgIpc) is 3.00. The van der Waals surface area contributed by atoms with Gasteiger partial charge in [0.1, 0.15) is 11.3 Å². The summed E-state index contributed by atoms with van der Waals surface area (Å²) in [4.78, 5) is 29.3. The first kappa shape index (κ1) is 20.8. The SMILES string of the molecule is CCN1C(=O)C(=Cc2cc(Br)c(Sc3ccc(C)cc3)o2)C(=O)N(CC)C1=S. The Balaban J connectivity index is 1.91. The lowest BCUT2D eigenvalue weighted by Gasteiger charge is -2.35. The molecule has 146 valence electrons. The Morgan fingerprint density at radius 2 is 1.68 bits per heavy atom. The molecule has 1 fully saturated rings. The minimum atomic E-state index is -0.400. The summed E-state index contributed by atoms with van der Waals surface area (Å²) >= 11 is 10.2. The van der Waals surface area contributed by atoms with Crippen LogP contribution in [-0.4, -0.2) is 39.8 Å². The second-order valence-electron chi connectivity index (χ2n) is 6.14. The first-order valence-corrected chi connectivity index (χ1v) is 10.8. The summed E-state index contributed by atoms with van der Waals surface area (Å²) in [6.45, 7) is 6.48. The van der Waals surface area contributed by atoms with E-state index in [1.54, 1.807) is 6.07 Å². The Labute approximate surface area is 181 Å². The summed E-state index contributed by atoms with van der Waals surface area (Å²) in [5, 5.41) is 0.898. The number of hydrogen-bond acceptors (Lipinski definition) is 5. The molecule has 0 bridgehead atoms. The average molecular weight is 479 g/mol. The summed E-state index contributed by atoms with van der Waals surface area (Å²) in [6.07, 6.45) is 1.49. The van der Waals surface area contributed by atoms with E-state index in [0.29, 0.717) is 23.9 Å². The summed E-state index contributed by atoms with van der Waals surface area (Å²) in [7, 11) is 0. The van der Waals surface area contributed by atoms with E-state index in [-0.39, 0.29) is 10.7 Å². The van der Waals surface area contributed by atoms with Gasteiger partial charge in [-0.2, -0.15) is 0 Å². The second-order valence-corrected chi connectivity index (χ2v) is 8.40. The van der Waals surface area contributed by atoms with Crippen molar-refractivity contribution in [1.82, 2.24) is 9.80 Å². The smallest absolute Gasteiger partial charge is 0.265 e. The highest BCUT2D eigenvalue weighted by Gasteiger charge is 2.38. The molecule has 8 heteroatoms. The maximum atomic E-state index is 12.7. The Kier molecular flexibility index (Phi) is 6.42. The zero-order chi connectivity index (χ0) is 20.4. The maximum absolute atomic E-state index is 12.7. The van der Waals surface area contributed by atoms with E-state index in [1.165, 1.54) is 33.2 Å². The van der Waals surface area contributed by atoms with Gasteiger partial charge in [-0.25, -0.2) is 0 Å². The molecule has 0 saturated carbocycles. The van der Waals surface area contributed by atoms with E-state index in [0.717, 1.165) is 9.37 Å². The molecule has 3 rings (SSSR count). The molecule has 2 heterocycles. The molecule has 0 N–H and O–H groups in total. The first-order valence-electron chi connectivity index (χ1n) is 8.79. The Hall–Kier alpha value is -1.90. The third kappa shape index (κ3) is 4.09. The van der Waals surface area contributed by atoms with Gasteiger partial charge >= 0.3 is 0 Å². The van der Waals surface area contributed by atoms with Gasteiger partial charge in [-0.3, -0.25) is 19.4 Å². The lowest BCUT2D eigenvalue weighted by molar-refractivity contribution is -0.133. The number of aryl methyl sites for hydroxylation is 1. The minimum Gasteiger partial charge on any atom is -0.449 e. The van der Waals surface area contributed by atoms with Gasteiger partial charge in [0.25, 0.3) is 11.8 Å². The van der Waals surface area contributed by atoms with Crippen molar-refractivity contribution in [2.24, 2.45) is 0 Å². The lowest BCUT2D eigenvalue weighted by Crippen LogP contribution is -2.55. The lowest BCUT2D eigenvalue weighted by atomic mass is 10.1. The zero-order valence-corrected chi connectivity index (χ0v) is 18.9. The highest BCUT2D eigenvalue weighted by molar-refractivity contribution is 9.10. The maximum Gasteiger partial charge on any atom is 0.265 e. The Bertz CT molecular complexity index is 938. The molecule has 1 aromatic heterocycles. The molecule has 28 heavy (non-hydrogen) atoms. The molecule has 0 unspecified atom stereocenters. The van der Waals surface area contributed by atoms with Crippen LogP contribution in [0.1, 0.15) is 25.2 Å². The molecular formula is C20H19BrN2O3S2. The fourth-order valence-electron chi connectivity index (χ4n) is 2.75. The molecule has 2 aromatic rings. The number of likely N-dealkylation sites (N-methyl/N-ethyl adjacent to an activating group) is 2. The van der Waals surface area contributed by atoms with Crippen molar-refractivity contribution >= 4 is 62.9 Å². The van der Waals surface area contributed by atoms with Crippen LogP contribution in [0.2, 0.25) is 0 Å². The Morgan fingerprint density at radius 1 is 1.11 bits per heavy atom. The fourth-order valence-corrected chi connectivity index (χ4v) is 4.50. The van der Waals surface area contributed by atoms with Crippen molar-refractivity contribution in [3.8, 4) is 0 Å². The van der Waals surface area contributed by atoms with Gasteiger partial charge in [0.15, 0.2) is 10.2 Å². The van der Waals surface area contributed by atoms with Gasteiger partial charge in [0, 0.05) is 18.0 Å². The highest BCUT2D eigenvalue weighted by Crippen LogP contribution is 2.37. The van der Waals surface area contributed by atoms with Gasteiger partial charge in [-0.05, 0) is 73.2 Å². The number of halogens is 1. The summed E-state index contributed by atoms with van der Waals surface area (Å²) in [5.74, 6) is -0.372. The molecule has 0 aliphatic carbocycles. The van der Waals surface area contributed by atoms with Crippen LogP contribution in [0.4, 0.5) is 0 Å². The topological polar surface area (TPSA) is 53.8 Å². The summed E-state index contributed by atoms with van der Waals surface area (Å²) in [5.41, 5.74) is 1.23. The number of amides is 2. The number of thiocarbonyl (C=S) groups is 1. The number of carbonyl (C=O) groups excluding carboxylic acids is 2. The van der Waals surface area contributed by atoms with Gasteiger partial charge in [0.05, 0.1) is 4.47 Å². The number of nitrogens with zero attached hydrogens (tertiary/aromatic N) is 2. The van der Waals surface area contributed by atoms with Crippen LogP contribution >= 0.6 is 39.9 Å². The van der Waals surface area contributed by atoms with Crippen LogP contribution in [0.15, 0.2) is 54.8 Å². The van der Waals surface area contributed by atoms with Gasteiger partial charge < -0.3 is 4.42 Å². The van der Waals surface area contributed by atoms with E-state index in [4.69, 9.17) is 16.6 Å². The van der Waals surface area contributed by atoms with Gasteiger partial charge in [-0.15, -0.1) is 0 Å². The normalized spacial score (nSPS) is 14.9. The molecule has 2 amide bonds. The van der Waals surface area contributed by atoms with E-state index >= 15 is 0 Å². The first-order chi connectivity index (χ1) is 13.3. The predicted molar refractivity (Wildman–Crippen MR) is 117 cm³/mol. The number of carbonyl (C=O) groups is 2. The van der Waals surface area contributed by atoms with Crippen LogP contribution in [-0.2, 0) is 9.59 Å². The predicted octanol–water partition coefficient (Wildman–Crippen LogP) is 4.88. The van der Waals surface area contributed by atoms with Crippen LogP contribution in [0.5, 0.6) is 0 Å². The second kappa shape index (κ2) is 8.63. The number of furan rings is 1. The number of rotatable bonds is 5. The molecule has 5 nitrogen and oxygen atoms in total. The molecule has 0 radical (unpaired) electrons. The molecular weight excluding hydrogens is 460 g/mol. The number of hydrogen-bond donors (Lipinski definition) is 0. The summed E-state index contributed by atoms with van der Waals surface area (Å²) < 4.78 is 6.64. The van der Waals surface area contributed by atoms with Crippen molar-refractivity contribution in [2.45, 2.75) is 30.8 Å². The largest absolute Gasteiger partial charge is 0.449 e. The molecule has 0 atom stereocenters. The van der Waals surface area contributed by atoms with Crippen LogP contribution in [0.25, 0.3) is 6.08 Å².